The predicted molar refractivity (Wildman–Crippen MR) is 59.1 cm³/mol. The Morgan fingerprint density at radius 1 is 1.38 bits per heavy atom. The average Bonchev–Trinajstić information content (AvgIpc) is 1.94. The molecule has 3 heteroatoms. The molecule has 0 aliphatic heterocycles. The Morgan fingerprint density at radius 3 is 2.38 bits per heavy atom. The van der Waals surface area contributed by atoms with E-state index in [-0.39, 0.29) is 5.82 Å². The second kappa shape index (κ2) is 3.53. The van der Waals surface area contributed by atoms with Gasteiger partial charge in [0, 0.05) is 9.13 Å². The first kappa shape index (κ1) is 10.9. The largest absolute Gasteiger partial charge is 0.386 e. The van der Waals surface area contributed by atoms with E-state index in [2.05, 4.69) is 22.6 Å². The van der Waals surface area contributed by atoms with Crippen molar-refractivity contribution in [3.05, 3.63) is 32.6 Å². The fraction of sp³-hybridized carbons (Fsp3) is 0.400. The van der Waals surface area contributed by atoms with Gasteiger partial charge in [-0.3, -0.25) is 0 Å². The van der Waals surface area contributed by atoms with Crippen molar-refractivity contribution in [3.63, 3.8) is 0 Å². The molecule has 1 aromatic carbocycles. The molecular formula is C10H12FIO. The minimum absolute atomic E-state index is 0.312. The molecule has 1 nitrogen and oxygen atoms in total. The van der Waals surface area contributed by atoms with Crippen LogP contribution in [0.25, 0.3) is 0 Å². The molecule has 72 valence electrons. The molecule has 0 aliphatic rings. The molecule has 0 fully saturated rings. The van der Waals surface area contributed by atoms with E-state index in [1.807, 2.05) is 0 Å². The van der Waals surface area contributed by atoms with Gasteiger partial charge in [0.05, 0.1) is 5.60 Å². The van der Waals surface area contributed by atoms with Gasteiger partial charge < -0.3 is 5.11 Å². The number of hydrogen-bond acceptors (Lipinski definition) is 1. The van der Waals surface area contributed by atoms with Crippen LogP contribution < -0.4 is 0 Å². The van der Waals surface area contributed by atoms with Crippen molar-refractivity contribution in [1.82, 2.24) is 0 Å². The van der Waals surface area contributed by atoms with Crippen LogP contribution in [-0.2, 0) is 5.60 Å². The molecule has 1 aromatic rings. The van der Waals surface area contributed by atoms with Gasteiger partial charge in [0.1, 0.15) is 5.82 Å². The van der Waals surface area contributed by atoms with Gasteiger partial charge in [-0.2, -0.15) is 0 Å². The SMILES string of the molecule is Cc1cc(I)cc(C(C)(C)O)c1F. The van der Waals surface area contributed by atoms with Crippen molar-refractivity contribution in [2.45, 2.75) is 26.4 Å². The van der Waals surface area contributed by atoms with E-state index >= 15 is 0 Å². The molecule has 1 rings (SSSR count). The molecule has 0 radical (unpaired) electrons. The van der Waals surface area contributed by atoms with Crippen LogP contribution in [0.1, 0.15) is 25.0 Å². The van der Waals surface area contributed by atoms with E-state index in [0.717, 1.165) is 3.57 Å². The van der Waals surface area contributed by atoms with Crippen molar-refractivity contribution >= 4 is 22.6 Å². The Morgan fingerprint density at radius 2 is 1.92 bits per heavy atom. The third kappa shape index (κ3) is 2.40. The van der Waals surface area contributed by atoms with E-state index < -0.39 is 5.60 Å². The molecule has 0 saturated heterocycles. The van der Waals surface area contributed by atoms with Crippen LogP contribution in [0, 0.1) is 16.3 Å². The molecule has 0 spiro atoms. The molecule has 0 unspecified atom stereocenters. The summed E-state index contributed by atoms with van der Waals surface area (Å²) in [6.45, 7) is 4.87. The molecule has 0 atom stereocenters. The summed E-state index contributed by atoms with van der Waals surface area (Å²) in [7, 11) is 0. The maximum atomic E-state index is 13.5. The highest BCUT2D eigenvalue weighted by molar-refractivity contribution is 14.1. The van der Waals surface area contributed by atoms with Crippen molar-refractivity contribution < 1.29 is 9.50 Å². The molecule has 0 bridgehead atoms. The summed E-state index contributed by atoms with van der Waals surface area (Å²) in [6.07, 6.45) is 0. The van der Waals surface area contributed by atoms with Crippen LogP contribution in [0.15, 0.2) is 12.1 Å². The second-order valence-corrected chi connectivity index (χ2v) is 4.89. The topological polar surface area (TPSA) is 20.2 Å². The van der Waals surface area contributed by atoms with Gasteiger partial charge in [-0.15, -0.1) is 0 Å². The number of aryl methyl sites for hydroxylation is 1. The Balaban J connectivity index is 3.37. The van der Waals surface area contributed by atoms with E-state index in [9.17, 15) is 9.50 Å². The van der Waals surface area contributed by atoms with E-state index in [0.29, 0.717) is 11.1 Å². The summed E-state index contributed by atoms with van der Waals surface area (Å²) < 4.78 is 14.5. The van der Waals surface area contributed by atoms with Crippen molar-refractivity contribution in [3.8, 4) is 0 Å². The Bertz CT molecular complexity index is 328. The summed E-state index contributed by atoms with van der Waals surface area (Å²) >= 11 is 2.11. The normalized spacial score (nSPS) is 11.8. The summed E-state index contributed by atoms with van der Waals surface area (Å²) in [5.41, 5.74) is -0.184. The quantitative estimate of drug-likeness (QED) is 0.790. The number of halogens is 2. The molecule has 0 heterocycles. The van der Waals surface area contributed by atoms with Gasteiger partial charge in [-0.25, -0.2) is 4.39 Å². The highest BCUT2D eigenvalue weighted by Crippen LogP contribution is 2.26. The molecule has 0 aromatic heterocycles. The molecule has 0 aliphatic carbocycles. The third-order valence-electron chi connectivity index (χ3n) is 1.88. The van der Waals surface area contributed by atoms with Crippen molar-refractivity contribution in [1.29, 1.82) is 0 Å². The first-order chi connectivity index (χ1) is 5.82. The number of benzene rings is 1. The summed E-state index contributed by atoms with van der Waals surface area (Å²) in [5.74, 6) is -0.312. The van der Waals surface area contributed by atoms with Crippen LogP contribution in [-0.4, -0.2) is 5.11 Å². The van der Waals surface area contributed by atoms with E-state index in [1.54, 1.807) is 32.9 Å². The summed E-state index contributed by atoms with van der Waals surface area (Å²) in [4.78, 5) is 0. The standard InChI is InChI=1S/C10H12FIO/c1-6-4-7(12)5-8(9(6)11)10(2,3)13/h4-5,13H,1-3H3. The maximum Gasteiger partial charge on any atom is 0.132 e. The third-order valence-corrected chi connectivity index (χ3v) is 2.50. The highest BCUT2D eigenvalue weighted by Gasteiger charge is 2.21. The van der Waals surface area contributed by atoms with Crippen LogP contribution in [0.2, 0.25) is 0 Å². The van der Waals surface area contributed by atoms with Crippen LogP contribution in [0.3, 0.4) is 0 Å². The second-order valence-electron chi connectivity index (χ2n) is 3.64. The first-order valence-electron chi connectivity index (χ1n) is 4.01. The molecule has 1 N–H and O–H groups in total. The Kier molecular flexibility index (Phi) is 2.97. The number of hydrogen-bond donors (Lipinski definition) is 1. The Labute approximate surface area is 91.1 Å². The monoisotopic (exact) mass is 294 g/mol. The van der Waals surface area contributed by atoms with Gasteiger partial charge in [0.15, 0.2) is 0 Å². The van der Waals surface area contributed by atoms with Crippen LogP contribution in [0.4, 0.5) is 4.39 Å². The van der Waals surface area contributed by atoms with E-state index in [4.69, 9.17) is 0 Å². The smallest absolute Gasteiger partial charge is 0.132 e. The lowest BCUT2D eigenvalue weighted by atomic mass is 9.96. The maximum absolute atomic E-state index is 13.5. The zero-order valence-electron chi connectivity index (χ0n) is 7.86. The van der Waals surface area contributed by atoms with Crippen molar-refractivity contribution in [2.75, 3.05) is 0 Å². The molecule has 0 amide bonds. The molecule has 0 saturated carbocycles. The molecular weight excluding hydrogens is 282 g/mol. The molecule has 13 heavy (non-hydrogen) atoms. The Hall–Kier alpha value is -0.160. The van der Waals surface area contributed by atoms with Gasteiger partial charge in [-0.1, -0.05) is 0 Å². The van der Waals surface area contributed by atoms with Crippen LogP contribution in [0.5, 0.6) is 0 Å². The average molecular weight is 294 g/mol. The van der Waals surface area contributed by atoms with Crippen LogP contribution >= 0.6 is 22.6 Å². The highest BCUT2D eigenvalue weighted by atomic mass is 127. The zero-order valence-corrected chi connectivity index (χ0v) is 10.0. The lowest BCUT2D eigenvalue weighted by Gasteiger charge is -2.19. The number of rotatable bonds is 1. The van der Waals surface area contributed by atoms with Gasteiger partial charge in [-0.05, 0) is 61.1 Å². The minimum Gasteiger partial charge on any atom is -0.386 e. The summed E-state index contributed by atoms with van der Waals surface area (Å²) in [5, 5.41) is 9.68. The van der Waals surface area contributed by atoms with Gasteiger partial charge in [0.25, 0.3) is 0 Å². The number of aliphatic hydroxyl groups is 1. The first-order valence-corrected chi connectivity index (χ1v) is 5.09. The fourth-order valence-electron chi connectivity index (χ4n) is 1.17. The lowest BCUT2D eigenvalue weighted by molar-refractivity contribution is 0.0743. The summed E-state index contributed by atoms with van der Waals surface area (Å²) in [6, 6.07) is 3.42. The predicted octanol–water partition coefficient (Wildman–Crippen LogP) is 2.97. The lowest BCUT2D eigenvalue weighted by Crippen LogP contribution is -2.18. The van der Waals surface area contributed by atoms with Gasteiger partial charge in [0.2, 0.25) is 0 Å². The minimum atomic E-state index is -1.12. The van der Waals surface area contributed by atoms with Crippen molar-refractivity contribution in [2.24, 2.45) is 0 Å². The fourth-order valence-corrected chi connectivity index (χ4v) is 1.95. The van der Waals surface area contributed by atoms with E-state index in [1.165, 1.54) is 0 Å². The zero-order chi connectivity index (χ0) is 10.2. The van der Waals surface area contributed by atoms with Gasteiger partial charge >= 0.3 is 0 Å².